The Balaban J connectivity index is 2.05. The van der Waals surface area contributed by atoms with Gasteiger partial charge in [-0.25, -0.2) is 0 Å². The van der Waals surface area contributed by atoms with E-state index in [4.69, 9.17) is 9.84 Å². The van der Waals surface area contributed by atoms with Crippen molar-refractivity contribution in [3.05, 3.63) is 12.2 Å². The Kier molecular flexibility index (Phi) is 3.36. The number of carbonyl (C=O) groups is 1. The summed E-state index contributed by atoms with van der Waals surface area (Å²) in [6, 6.07) is 0. The number of aliphatic hydroxyl groups excluding tert-OH is 3. The second-order valence-corrected chi connectivity index (χ2v) is 4.03. The third kappa shape index (κ3) is 2.02. The minimum absolute atomic E-state index is 0.0658. The number of ketones is 1. The fourth-order valence-corrected chi connectivity index (χ4v) is 2.01. The molecule has 2 aliphatic heterocycles. The van der Waals surface area contributed by atoms with Gasteiger partial charge in [-0.1, -0.05) is 6.08 Å². The Morgan fingerprint density at radius 3 is 2.75 bits per heavy atom. The Bertz CT molecular complexity index is 306. The third-order valence-corrected chi connectivity index (χ3v) is 2.88. The SMILES string of the molecule is O=C1C=CCN(C2O[C@H](CO)[C@@H](O)[C@H]2O)C1. The van der Waals surface area contributed by atoms with Crippen LogP contribution in [-0.4, -0.2) is 70.2 Å². The number of hydrogen-bond acceptors (Lipinski definition) is 6. The molecule has 6 nitrogen and oxygen atoms in total. The van der Waals surface area contributed by atoms with E-state index in [0.717, 1.165) is 0 Å². The minimum Gasteiger partial charge on any atom is -0.394 e. The highest BCUT2D eigenvalue weighted by Crippen LogP contribution is 2.24. The van der Waals surface area contributed by atoms with Crippen LogP contribution in [-0.2, 0) is 9.53 Å². The molecule has 2 aliphatic rings. The second-order valence-electron chi connectivity index (χ2n) is 4.03. The maximum atomic E-state index is 11.2. The van der Waals surface area contributed by atoms with Crippen LogP contribution >= 0.6 is 0 Å². The number of hydrogen-bond donors (Lipinski definition) is 3. The van der Waals surface area contributed by atoms with E-state index in [-0.39, 0.29) is 18.9 Å². The van der Waals surface area contributed by atoms with Gasteiger partial charge in [0.05, 0.1) is 13.2 Å². The summed E-state index contributed by atoms with van der Waals surface area (Å²) in [7, 11) is 0. The van der Waals surface area contributed by atoms with Crippen molar-refractivity contribution >= 4 is 5.78 Å². The number of nitrogens with zero attached hydrogens (tertiary/aromatic N) is 1. The first-order valence-electron chi connectivity index (χ1n) is 5.19. The summed E-state index contributed by atoms with van der Waals surface area (Å²) in [5.74, 6) is -0.0658. The molecule has 3 N–H and O–H groups in total. The molecule has 0 aromatic rings. The highest BCUT2D eigenvalue weighted by molar-refractivity contribution is 5.92. The van der Waals surface area contributed by atoms with Crippen LogP contribution in [0.15, 0.2) is 12.2 Å². The predicted molar refractivity (Wildman–Crippen MR) is 53.5 cm³/mol. The van der Waals surface area contributed by atoms with E-state index in [0.29, 0.717) is 6.54 Å². The van der Waals surface area contributed by atoms with Gasteiger partial charge in [0, 0.05) is 6.54 Å². The molecule has 90 valence electrons. The Morgan fingerprint density at radius 2 is 2.19 bits per heavy atom. The lowest BCUT2D eigenvalue weighted by Gasteiger charge is -2.30. The largest absolute Gasteiger partial charge is 0.394 e. The lowest BCUT2D eigenvalue weighted by Crippen LogP contribution is -2.47. The van der Waals surface area contributed by atoms with Gasteiger partial charge in [0.15, 0.2) is 5.78 Å². The summed E-state index contributed by atoms with van der Waals surface area (Å²) >= 11 is 0. The molecule has 0 aromatic heterocycles. The van der Waals surface area contributed by atoms with Crippen LogP contribution in [0.2, 0.25) is 0 Å². The van der Waals surface area contributed by atoms with Crippen LogP contribution in [0.1, 0.15) is 0 Å². The predicted octanol–water partition coefficient (Wildman–Crippen LogP) is -2.13. The maximum absolute atomic E-state index is 11.2. The summed E-state index contributed by atoms with van der Waals surface area (Å²) in [6.45, 7) is 0.285. The van der Waals surface area contributed by atoms with E-state index in [1.807, 2.05) is 0 Å². The van der Waals surface area contributed by atoms with Crippen molar-refractivity contribution in [1.82, 2.24) is 4.90 Å². The van der Waals surface area contributed by atoms with Crippen molar-refractivity contribution in [3.63, 3.8) is 0 Å². The zero-order valence-electron chi connectivity index (χ0n) is 8.69. The molecule has 2 heterocycles. The fourth-order valence-electron chi connectivity index (χ4n) is 2.01. The summed E-state index contributed by atoms with van der Waals surface area (Å²) in [5.41, 5.74) is 0. The monoisotopic (exact) mass is 229 g/mol. The summed E-state index contributed by atoms with van der Waals surface area (Å²) in [4.78, 5) is 12.8. The first kappa shape index (κ1) is 11.7. The van der Waals surface area contributed by atoms with Crippen LogP contribution < -0.4 is 0 Å². The zero-order valence-corrected chi connectivity index (χ0v) is 8.69. The van der Waals surface area contributed by atoms with Gasteiger partial charge >= 0.3 is 0 Å². The van der Waals surface area contributed by atoms with E-state index in [1.54, 1.807) is 11.0 Å². The van der Waals surface area contributed by atoms with Gasteiger partial charge in [-0.3, -0.25) is 9.69 Å². The lowest BCUT2D eigenvalue weighted by molar-refractivity contribution is -0.126. The first-order chi connectivity index (χ1) is 7.63. The maximum Gasteiger partial charge on any atom is 0.169 e. The molecule has 16 heavy (non-hydrogen) atoms. The van der Waals surface area contributed by atoms with Gasteiger partial charge in [0.2, 0.25) is 0 Å². The number of ether oxygens (including phenoxy) is 1. The Labute approximate surface area is 92.7 Å². The first-order valence-corrected chi connectivity index (χ1v) is 5.19. The van der Waals surface area contributed by atoms with E-state index in [9.17, 15) is 15.0 Å². The molecule has 0 radical (unpaired) electrons. The molecule has 4 atom stereocenters. The fraction of sp³-hybridized carbons (Fsp3) is 0.700. The molecule has 0 spiro atoms. The molecule has 0 bridgehead atoms. The Morgan fingerprint density at radius 1 is 1.44 bits per heavy atom. The van der Waals surface area contributed by atoms with Crippen molar-refractivity contribution in [2.75, 3.05) is 19.7 Å². The molecule has 0 saturated carbocycles. The highest BCUT2D eigenvalue weighted by atomic mass is 16.6. The van der Waals surface area contributed by atoms with E-state index < -0.39 is 24.5 Å². The topological polar surface area (TPSA) is 90.2 Å². The number of carbonyl (C=O) groups excluding carboxylic acids is 1. The quantitative estimate of drug-likeness (QED) is 0.501. The molecule has 2 rings (SSSR count). The van der Waals surface area contributed by atoms with Crippen molar-refractivity contribution in [2.24, 2.45) is 0 Å². The summed E-state index contributed by atoms with van der Waals surface area (Å²) in [6.07, 6.45) is -0.576. The van der Waals surface area contributed by atoms with E-state index in [1.165, 1.54) is 6.08 Å². The number of rotatable bonds is 2. The number of aliphatic hydroxyl groups is 3. The van der Waals surface area contributed by atoms with Crippen molar-refractivity contribution in [3.8, 4) is 0 Å². The van der Waals surface area contributed by atoms with Crippen LogP contribution in [0.3, 0.4) is 0 Å². The Hall–Kier alpha value is -0.790. The second kappa shape index (κ2) is 4.60. The van der Waals surface area contributed by atoms with Crippen molar-refractivity contribution in [2.45, 2.75) is 24.5 Å². The smallest absolute Gasteiger partial charge is 0.169 e. The van der Waals surface area contributed by atoms with E-state index >= 15 is 0 Å². The molecule has 1 unspecified atom stereocenters. The molecule has 1 saturated heterocycles. The van der Waals surface area contributed by atoms with Gasteiger partial charge in [0.1, 0.15) is 24.5 Å². The molecule has 0 amide bonds. The molecule has 1 fully saturated rings. The van der Waals surface area contributed by atoms with Crippen LogP contribution in [0.5, 0.6) is 0 Å². The standard InChI is InChI=1S/C10H15NO5/c12-5-7-8(14)9(15)10(16-7)11-3-1-2-6(13)4-11/h1-2,7-10,12,14-15H,3-5H2/t7-,8-,9-,10?/m1/s1. The van der Waals surface area contributed by atoms with Gasteiger partial charge in [-0.15, -0.1) is 0 Å². The lowest BCUT2D eigenvalue weighted by atomic mass is 10.1. The van der Waals surface area contributed by atoms with E-state index in [2.05, 4.69) is 0 Å². The molecule has 0 aliphatic carbocycles. The average molecular weight is 229 g/mol. The van der Waals surface area contributed by atoms with Crippen LogP contribution in [0.4, 0.5) is 0 Å². The minimum atomic E-state index is -1.11. The summed E-state index contributed by atoms with van der Waals surface area (Å²) < 4.78 is 5.31. The summed E-state index contributed by atoms with van der Waals surface area (Å²) in [5, 5.41) is 28.2. The highest BCUT2D eigenvalue weighted by Gasteiger charge is 2.45. The van der Waals surface area contributed by atoms with Crippen molar-refractivity contribution in [1.29, 1.82) is 0 Å². The zero-order chi connectivity index (χ0) is 11.7. The van der Waals surface area contributed by atoms with Crippen LogP contribution in [0, 0.1) is 0 Å². The van der Waals surface area contributed by atoms with Gasteiger partial charge in [-0.2, -0.15) is 0 Å². The van der Waals surface area contributed by atoms with Crippen molar-refractivity contribution < 1.29 is 24.9 Å². The van der Waals surface area contributed by atoms with Gasteiger partial charge < -0.3 is 20.1 Å². The molecular weight excluding hydrogens is 214 g/mol. The molecule has 0 aromatic carbocycles. The van der Waals surface area contributed by atoms with Gasteiger partial charge in [-0.05, 0) is 6.08 Å². The van der Waals surface area contributed by atoms with Gasteiger partial charge in [0.25, 0.3) is 0 Å². The third-order valence-electron chi connectivity index (χ3n) is 2.88. The molecule has 6 heteroatoms. The average Bonchev–Trinajstić information content (AvgIpc) is 2.56. The normalized spacial score (nSPS) is 40.6. The van der Waals surface area contributed by atoms with Crippen LogP contribution in [0.25, 0.3) is 0 Å². The molecular formula is C10H15NO5.